The van der Waals surface area contributed by atoms with E-state index in [0.29, 0.717) is 11.3 Å². The number of carbonyl (C=O) groups is 1. The molecule has 0 saturated carbocycles. The van der Waals surface area contributed by atoms with Crippen molar-refractivity contribution in [3.05, 3.63) is 35.4 Å². The Bertz CT molecular complexity index is 581. The molecule has 0 spiro atoms. The lowest BCUT2D eigenvalue weighted by Gasteiger charge is -2.22. The van der Waals surface area contributed by atoms with E-state index in [1.54, 1.807) is 6.92 Å². The molecule has 21 heavy (non-hydrogen) atoms. The molecule has 1 aromatic carbocycles. The predicted molar refractivity (Wildman–Crippen MR) is 83.0 cm³/mol. The van der Waals surface area contributed by atoms with Crippen molar-refractivity contribution in [3.8, 4) is 0 Å². The zero-order valence-electron chi connectivity index (χ0n) is 11.9. The first-order valence-corrected chi connectivity index (χ1v) is 9.21. The van der Waals surface area contributed by atoms with Crippen LogP contribution in [0.15, 0.2) is 24.3 Å². The summed E-state index contributed by atoms with van der Waals surface area (Å²) >= 11 is 1.43. The molecule has 1 unspecified atom stereocenters. The molecule has 0 fully saturated rings. The second kappa shape index (κ2) is 7.26. The third-order valence-electron chi connectivity index (χ3n) is 2.69. The lowest BCUT2D eigenvalue weighted by molar-refractivity contribution is 0.0696. The van der Waals surface area contributed by atoms with Crippen molar-refractivity contribution in [1.29, 1.82) is 0 Å². The smallest absolute Gasteiger partial charge is 0.335 e. The SMILES string of the molecule is CSCC(C)(O)CNS(=O)(=O)Cc1ccc(C(=O)O)cc1. The van der Waals surface area contributed by atoms with Crippen LogP contribution in [-0.4, -0.2) is 48.8 Å². The highest BCUT2D eigenvalue weighted by molar-refractivity contribution is 7.98. The number of hydrogen-bond acceptors (Lipinski definition) is 5. The Morgan fingerprint density at radius 1 is 1.33 bits per heavy atom. The number of carboxylic acids is 1. The molecule has 0 aliphatic carbocycles. The molecule has 0 heterocycles. The number of thioether (sulfide) groups is 1. The van der Waals surface area contributed by atoms with Crippen LogP contribution in [0, 0.1) is 0 Å². The Hall–Kier alpha value is -1.09. The van der Waals surface area contributed by atoms with Gasteiger partial charge in [-0.05, 0) is 30.9 Å². The third kappa shape index (κ3) is 6.47. The van der Waals surface area contributed by atoms with Crippen molar-refractivity contribution in [1.82, 2.24) is 4.72 Å². The largest absolute Gasteiger partial charge is 0.478 e. The van der Waals surface area contributed by atoms with Crippen molar-refractivity contribution < 1.29 is 23.4 Å². The molecule has 0 aromatic heterocycles. The number of benzene rings is 1. The van der Waals surface area contributed by atoms with Gasteiger partial charge in [0.2, 0.25) is 10.0 Å². The van der Waals surface area contributed by atoms with Gasteiger partial charge in [-0.25, -0.2) is 17.9 Å². The first-order valence-electron chi connectivity index (χ1n) is 6.16. The van der Waals surface area contributed by atoms with E-state index in [9.17, 15) is 18.3 Å². The fourth-order valence-electron chi connectivity index (χ4n) is 1.64. The van der Waals surface area contributed by atoms with Crippen LogP contribution < -0.4 is 4.72 Å². The highest BCUT2D eigenvalue weighted by Crippen LogP contribution is 2.11. The molecule has 0 aliphatic heterocycles. The molecular formula is C13H19NO5S2. The van der Waals surface area contributed by atoms with Crippen molar-refractivity contribution in [3.63, 3.8) is 0 Å². The maximum absolute atomic E-state index is 11.9. The number of rotatable bonds is 8. The predicted octanol–water partition coefficient (Wildman–Crippen LogP) is 0.918. The Morgan fingerprint density at radius 2 is 1.90 bits per heavy atom. The van der Waals surface area contributed by atoms with Gasteiger partial charge in [0.1, 0.15) is 0 Å². The molecule has 0 amide bonds. The molecular weight excluding hydrogens is 314 g/mol. The average molecular weight is 333 g/mol. The third-order valence-corrected chi connectivity index (χ3v) is 4.89. The minimum absolute atomic E-state index is 0.0661. The van der Waals surface area contributed by atoms with Gasteiger partial charge in [-0.15, -0.1) is 0 Å². The molecule has 118 valence electrons. The minimum Gasteiger partial charge on any atom is -0.478 e. The van der Waals surface area contributed by atoms with E-state index in [0.717, 1.165) is 0 Å². The number of carboxylic acid groups (broad SMARTS) is 1. The lowest BCUT2D eigenvalue weighted by Crippen LogP contribution is -2.42. The van der Waals surface area contributed by atoms with E-state index in [2.05, 4.69) is 4.72 Å². The number of aromatic carboxylic acids is 1. The topological polar surface area (TPSA) is 104 Å². The Kier molecular flexibility index (Phi) is 6.21. The first kappa shape index (κ1) is 18.0. The summed E-state index contributed by atoms with van der Waals surface area (Å²) in [5, 5.41) is 18.7. The van der Waals surface area contributed by atoms with Crippen LogP contribution in [0.1, 0.15) is 22.8 Å². The van der Waals surface area contributed by atoms with Crippen LogP contribution in [0.25, 0.3) is 0 Å². The average Bonchev–Trinajstić information content (AvgIpc) is 2.37. The molecule has 0 bridgehead atoms. The Labute approximate surface area is 128 Å². The van der Waals surface area contributed by atoms with Gasteiger partial charge < -0.3 is 10.2 Å². The molecule has 8 heteroatoms. The van der Waals surface area contributed by atoms with Gasteiger partial charge in [0, 0.05) is 12.3 Å². The van der Waals surface area contributed by atoms with Gasteiger partial charge in [-0.2, -0.15) is 11.8 Å². The fraction of sp³-hybridized carbons (Fsp3) is 0.462. The van der Waals surface area contributed by atoms with Crippen LogP contribution in [-0.2, 0) is 15.8 Å². The van der Waals surface area contributed by atoms with Crippen molar-refractivity contribution >= 4 is 27.8 Å². The second-order valence-corrected chi connectivity index (χ2v) is 7.69. The quantitative estimate of drug-likeness (QED) is 0.653. The summed E-state index contributed by atoms with van der Waals surface area (Å²) in [5.41, 5.74) is -0.524. The lowest BCUT2D eigenvalue weighted by atomic mass is 10.1. The van der Waals surface area contributed by atoms with Gasteiger partial charge in [-0.1, -0.05) is 12.1 Å². The highest BCUT2D eigenvalue weighted by Gasteiger charge is 2.22. The summed E-state index contributed by atoms with van der Waals surface area (Å²) in [6, 6.07) is 5.64. The summed E-state index contributed by atoms with van der Waals surface area (Å²) in [6.07, 6.45) is 1.83. The molecule has 0 aliphatic rings. The van der Waals surface area contributed by atoms with Gasteiger partial charge in [0.05, 0.1) is 16.9 Å². The summed E-state index contributed by atoms with van der Waals surface area (Å²) in [5.74, 6) is -0.902. The second-order valence-electron chi connectivity index (χ2n) is 5.01. The molecule has 1 aromatic rings. The number of hydrogen-bond donors (Lipinski definition) is 3. The molecule has 3 N–H and O–H groups in total. The Balaban J connectivity index is 2.66. The van der Waals surface area contributed by atoms with Gasteiger partial charge in [-0.3, -0.25) is 0 Å². The van der Waals surface area contributed by atoms with Crippen molar-refractivity contribution in [2.24, 2.45) is 0 Å². The maximum Gasteiger partial charge on any atom is 0.335 e. The molecule has 0 radical (unpaired) electrons. The standard InChI is InChI=1S/C13H19NO5S2/c1-13(17,9-20-2)8-14-21(18,19)7-10-3-5-11(6-4-10)12(15)16/h3-6,14,17H,7-9H2,1-2H3,(H,15,16). The van der Waals surface area contributed by atoms with Gasteiger partial charge >= 0.3 is 5.97 Å². The number of sulfonamides is 1. The van der Waals surface area contributed by atoms with Crippen LogP contribution in [0.2, 0.25) is 0 Å². The van der Waals surface area contributed by atoms with Crippen LogP contribution >= 0.6 is 11.8 Å². The van der Waals surface area contributed by atoms with Crippen molar-refractivity contribution in [2.45, 2.75) is 18.3 Å². The Morgan fingerprint density at radius 3 is 2.38 bits per heavy atom. The normalized spacial score (nSPS) is 14.6. The van der Waals surface area contributed by atoms with E-state index in [1.807, 2.05) is 6.26 Å². The molecule has 1 atom stereocenters. The fourth-order valence-corrected chi connectivity index (χ4v) is 3.63. The van der Waals surface area contributed by atoms with Crippen LogP contribution in [0.4, 0.5) is 0 Å². The summed E-state index contributed by atoms with van der Waals surface area (Å²) in [4.78, 5) is 10.7. The first-order chi connectivity index (χ1) is 9.65. The molecule has 0 saturated heterocycles. The van der Waals surface area contributed by atoms with E-state index in [1.165, 1.54) is 36.0 Å². The summed E-state index contributed by atoms with van der Waals surface area (Å²) in [6.45, 7) is 1.50. The minimum atomic E-state index is -3.59. The summed E-state index contributed by atoms with van der Waals surface area (Å²) < 4.78 is 26.2. The zero-order valence-corrected chi connectivity index (χ0v) is 13.5. The highest BCUT2D eigenvalue weighted by atomic mass is 32.2. The van der Waals surface area contributed by atoms with E-state index < -0.39 is 21.6 Å². The van der Waals surface area contributed by atoms with Crippen LogP contribution in [0.5, 0.6) is 0 Å². The van der Waals surface area contributed by atoms with Crippen molar-refractivity contribution in [2.75, 3.05) is 18.6 Å². The van der Waals surface area contributed by atoms with Crippen LogP contribution in [0.3, 0.4) is 0 Å². The molecule has 1 rings (SSSR count). The number of aliphatic hydroxyl groups is 1. The maximum atomic E-state index is 11.9. The van der Waals surface area contributed by atoms with Gasteiger partial charge in [0.15, 0.2) is 0 Å². The zero-order chi connectivity index (χ0) is 16.1. The van der Waals surface area contributed by atoms with E-state index >= 15 is 0 Å². The van der Waals surface area contributed by atoms with Gasteiger partial charge in [0.25, 0.3) is 0 Å². The number of nitrogens with one attached hydrogen (secondary N) is 1. The van der Waals surface area contributed by atoms with E-state index in [-0.39, 0.29) is 17.9 Å². The summed E-state index contributed by atoms with van der Waals surface area (Å²) in [7, 11) is -3.59. The van der Waals surface area contributed by atoms with E-state index in [4.69, 9.17) is 5.11 Å². The molecule has 6 nitrogen and oxygen atoms in total. The monoisotopic (exact) mass is 333 g/mol.